The summed E-state index contributed by atoms with van der Waals surface area (Å²) < 4.78 is 0. The van der Waals surface area contributed by atoms with Crippen molar-refractivity contribution in [3.05, 3.63) is 0 Å². The molecule has 20 heavy (non-hydrogen) atoms. The first-order valence-electron chi connectivity index (χ1n) is 7.47. The summed E-state index contributed by atoms with van der Waals surface area (Å²) in [6, 6.07) is -0.183. The number of hydrogen-bond donors (Lipinski definition) is 1. The Labute approximate surface area is 122 Å². The molecule has 0 aliphatic carbocycles. The van der Waals surface area contributed by atoms with Crippen LogP contribution in [0.2, 0.25) is 0 Å². The average molecular weight is 287 g/mol. The van der Waals surface area contributed by atoms with E-state index in [1.807, 2.05) is 6.92 Å². The van der Waals surface area contributed by atoms with Gasteiger partial charge in [-0.05, 0) is 39.9 Å². The van der Waals surface area contributed by atoms with Crippen molar-refractivity contribution in [1.29, 1.82) is 0 Å². The molecule has 0 aromatic rings. The van der Waals surface area contributed by atoms with E-state index in [-0.39, 0.29) is 12.6 Å². The molecule has 0 heterocycles. The number of rotatable bonds is 10. The molecule has 0 bridgehead atoms. The third-order valence-electron chi connectivity index (χ3n) is 3.43. The van der Waals surface area contributed by atoms with Crippen LogP contribution in [-0.2, 0) is 4.79 Å². The van der Waals surface area contributed by atoms with Crippen molar-refractivity contribution >= 4 is 12.0 Å². The molecule has 0 rings (SSSR count). The maximum Gasteiger partial charge on any atom is 0.323 e. The molecule has 0 aliphatic heterocycles. The molecule has 0 atom stereocenters. The van der Waals surface area contributed by atoms with Crippen molar-refractivity contribution in [2.45, 2.75) is 34.1 Å². The lowest BCUT2D eigenvalue weighted by Gasteiger charge is -2.29. The second-order valence-electron chi connectivity index (χ2n) is 4.65. The van der Waals surface area contributed by atoms with E-state index in [2.05, 4.69) is 18.7 Å². The van der Waals surface area contributed by atoms with E-state index in [1.54, 1.807) is 11.8 Å². The summed E-state index contributed by atoms with van der Waals surface area (Å²) in [5.41, 5.74) is 0. The Balaban J connectivity index is 4.35. The first-order chi connectivity index (χ1) is 9.49. The van der Waals surface area contributed by atoms with Gasteiger partial charge in [0.25, 0.3) is 0 Å². The van der Waals surface area contributed by atoms with Crippen LogP contribution in [0.4, 0.5) is 4.79 Å². The van der Waals surface area contributed by atoms with Crippen LogP contribution in [0, 0.1) is 0 Å². The van der Waals surface area contributed by atoms with Gasteiger partial charge in [0.2, 0.25) is 0 Å². The Morgan fingerprint density at radius 2 is 1.40 bits per heavy atom. The van der Waals surface area contributed by atoms with E-state index in [0.717, 1.165) is 26.1 Å². The Bertz CT molecular complexity index is 293. The van der Waals surface area contributed by atoms with E-state index in [4.69, 9.17) is 5.11 Å². The van der Waals surface area contributed by atoms with Crippen molar-refractivity contribution in [2.75, 3.05) is 45.8 Å². The number of amides is 2. The van der Waals surface area contributed by atoms with Crippen LogP contribution in [0.15, 0.2) is 0 Å². The SMILES string of the molecule is CCN(CC)CCCN(CC)C(=O)N(CC)CC(=O)O. The van der Waals surface area contributed by atoms with Gasteiger partial charge < -0.3 is 19.8 Å². The van der Waals surface area contributed by atoms with Gasteiger partial charge in [-0.3, -0.25) is 4.79 Å². The highest BCUT2D eigenvalue weighted by molar-refractivity contribution is 5.80. The maximum atomic E-state index is 12.2. The number of urea groups is 1. The standard InChI is InChI=1S/C14H29N3O3/c1-5-15(6-2)10-9-11-16(7-3)14(20)17(8-4)12-13(18)19/h5-12H2,1-4H3,(H,18,19). The van der Waals surface area contributed by atoms with E-state index < -0.39 is 5.97 Å². The van der Waals surface area contributed by atoms with Crippen molar-refractivity contribution in [3.63, 3.8) is 0 Å². The molecule has 0 saturated carbocycles. The second kappa shape index (κ2) is 10.5. The van der Waals surface area contributed by atoms with Crippen molar-refractivity contribution < 1.29 is 14.7 Å². The number of carbonyl (C=O) groups excluding carboxylic acids is 1. The van der Waals surface area contributed by atoms with Gasteiger partial charge in [-0.15, -0.1) is 0 Å². The highest BCUT2D eigenvalue weighted by Crippen LogP contribution is 2.02. The highest BCUT2D eigenvalue weighted by atomic mass is 16.4. The fourth-order valence-electron chi connectivity index (χ4n) is 2.09. The molecule has 1 N–H and O–H groups in total. The number of nitrogens with zero attached hydrogens (tertiary/aromatic N) is 3. The van der Waals surface area contributed by atoms with Crippen molar-refractivity contribution in [2.24, 2.45) is 0 Å². The van der Waals surface area contributed by atoms with Crippen LogP contribution in [0.1, 0.15) is 34.1 Å². The monoisotopic (exact) mass is 287 g/mol. The Hall–Kier alpha value is -1.30. The predicted molar refractivity (Wildman–Crippen MR) is 79.9 cm³/mol. The van der Waals surface area contributed by atoms with Gasteiger partial charge in [0.1, 0.15) is 6.54 Å². The molecule has 0 radical (unpaired) electrons. The molecular weight excluding hydrogens is 258 g/mol. The lowest BCUT2D eigenvalue weighted by molar-refractivity contribution is -0.137. The zero-order valence-electron chi connectivity index (χ0n) is 13.3. The molecule has 0 aliphatic rings. The number of carbonyl (C=O) groups is 2. The van der Waals surface area contributed by atoms with Crippen molar-refractivity contribution in [3.8, 4) is 0 Å². The number of carboxylic acid groups (broad SMARTS) is 1. The fourth-order valence-corrected chi connectivity index (χ4v) is 2.09. The number of carboxylic acids is 1. The summed E-state index contributed by atoms with van der Waals surface area (Å²) in [6.07, 6.45) is 0.909. The van der Waals surface area contributed by atoms with Gasteiger partial charge in [0, 0.05) is 19.6 Å². The molecule has 0 unspecified atom stereocenters. The maximum absolute atomic E-state index is 12.2. The molecule has 0 aromatic heterocycles. The topological polar surface area (TPSA) is 64.1 Å². The third-order valence-corrected chi connectivity index (χ3v) is 3.43. The molecule has 6 nitrogen and oxygen atoms in total. The lowest BCUT2D eigenvalue weighted by atomic mass is 10.3. The smallest absolute Gasteiger partial charge is 0.323 e. The van der Waals surface area contributed by atoms with Crippen LogP contribution < -0.4 is 0 Å². The highest BCUT2D eigenvalue weighted by Gasteiger charge is 2.20. The molecule has 0 saturated heterocycles. The minimum atomic E-state index is -0.973. The molecule has 0 fully saturated rings. The molecule has 6 heteroatoms. The molecule has 2 amide bonds. The summed E-state index contributed by atoms with van der Waals surface area (Å²) in [5, 5.41) is 8.81. The van der Waals surface area contributed by atoms with E-state index in [0.29, 0.717) is 19.6 Å². The Morgan fingerprint density at radius 1 is 0.850 bits per heavy atom. The third kappa shape index (κ3) is 6.75. The summed E-state index contributed by atoms with van der Waals surface area (Å²) in [4.78, 5) is 28.4. The zero-order valence-corrected chi connectivity index (χ0v) is 13.3. The molecule has 0 aromatic carbocycles. The van der Waals surface area contributed by atoms with Crippen LogP contribution >= 0.6 is 0 Å². The van der Waals surface area contributed by atoms with E-state index in [1.165, 1.54) is 4.90 Å². The number of likely N-dealkylation sites (N-methyl/N-ethyl adjacent to an activating group) is 1. The second-order valence-corrected chi connectivity index (χ2v) is 4.65. The largest absolute Gasteiger partial charge is 0.480 e. The van der Waals surface area contributed by atoms with Gasteiger partial charge in [0.05, 0.1) is 0 Å². The van der Waals surface area contributed by atoms with Crippen molar-refractivity contribution in [1.82, 2.24) is 14.7 Å². The van der Waals surface area contributed by atoms with Gasteiger partial charge in [-0.1, -0.05) is 13.8 Å². The summed E-state index contributed by atoms with van der Waals surface area (Å²) in [7, 11) is 0. The predicted octanol–water partition coefficient (Wildman–Crippen LogP) is 1.57. The Morgan fingerprint density at radius 3 is 1.80 bits per heavy atom. The number of hydrogen-bond acceptors (Lipinski definition) is 3. The van der Waals surface area contributed by atoms with Crippen LogP contribution in [-0.4, -0.2) is 77.6 Å². The van der Waals surface area contributed by atoms with Crippen LogP contribution in [0.3, 0.4) is 0 Å². The quantitative estimate of drug-likeness (QED) is 0.662. The normalized spacial score (nSPS) is 10.7. The first kappa shape index (κ1) is 18.7. The van der Waals surface area contributed by atoms with Crippen LogP contribution in [0.25, 0.3) is 0 Å². The Kier molecular flexibility index (Phi) is 9.80. The van der Waals surface area contributed by atoms with Gasteiger partial charge in [-0.2, -0.15) is 0 Å². The zero-order chi connectivity index (χ0) is 15.5. The first-order valence-corrected chi connectivity index (χ1v) is 7.47. The van der Waals surface area contributed by atoms with E-state index in [9.17, 15) is 9.59 Å². The number of aliphatic carboxylic acids is 1. The van der Waals surface area contributed by atoms with Gasteiger partial charge in [-0.25, -0.2) is 4.79 Å². The van der Waals surface area contributed by atoms with Gasteiger partial charge in [0.15, 0.2) is 0 Å². The summed E-state index contributed by atoms with van der Waals surface area (Å²) in [6.45, 7) is 12.4. The molecular formula is C14H29N3O3. The average Bonchev–Trinajstić information content (AvgIpc) is 2.44. The minimum absolute atomic E-state index is 0.183. The minimum Gasteiger partial charge on any atom is -0.480 e. The summed E-state index contributed by atoms with van der Waals surface area (Å²) >= 11 is 0. The summed E-state index contributed by atoms with van der Waals surface area (Å²) in [5.74, 6) is -0.973. The van der Waals surface area contributed by atoms with E-state index >= 15 is 0 Å². The molecule has 0 spiro atoms. The van der Waals surface area contributed by atoms with Crippen LogP contribution in [0.5, 0.6) is 0 Å². The lowest BCUT2D eigenvalue weighted by Crippen LogP contribution is -2.46. The fraction of sp³-hybridized carbons (Fsp3) is 0.857. The van der Waals surface area contributed by atoms with Gasteiger partial charge >= 0.3 is 12.0 Å². The molecule has 118 valence electrons.